The van der Waals surface area contributed by atoms with Crippen LogP contribution in [0, 0.1) is 0 Å². The molecule has 3 aromatic carbocycles. The number of unbranched alkanes of at least 4 members (excludes halogenated alkanes) is 3. The van der Waals surface area contributed by atoms with Crippen molar-refractivity contribution in [3.8, 4) is 28.3 Å². The van der Waals surface area contributed by atoms with E-state index >= 15 is 0 Å². The van der Waals surface area contributed by atoms with E-state index in [2.05, 4.69) is 64.8 Å². The molecule has 0 radical (unpaired) electrons. The highest BCUT2D eigenvalue weighted by atomic mass is 16.5. The van der Waals surface area contributed by atoms with Gasteiger partial charge in [-0.3, -0.25) is 9.36 Å². The van der Waals surface area contributed by atoms with E-state index in [4.69, 9.17) is 9.72 Å². The summed E-state index contributed by atoms with van der Waals surface area (Å²) in [7, 11) is 0. The summed E-state index contributed by atoms with van der Waals surface area (Å²) in [5, 5.41) is 14.9. The number of hydrogen-bond acceptors (Lipinski definition) is 6. The molecule has 0 fully saturated rings. The molecule has 200 valence electrons. The van der Waals surface area contributed by atoms with Crippen molar-refractivity contribution in [2.45, 2.75) is 58.9 Å². The summed E-state index contributed by atoms with van der Waals surface area (Å²) in [6, 6.07) is 21.9. The molecule has 39 heavy (non-hydrogen) atoms. The van der Waals surface area contributed by atoms with Crippen molar-refractivity contribution in [2.24, 2.45) is 0 Å². The minimum Gasteiger partial charge on any atom is -0.491 e. The molecule has 8 heteroatoms. The first kappa shape index (κ1) is 26.3. The van der Waals surface area contributed by atoms with Gasteiger partial charge in [-0.1, -0.05) is 87.7 Å². The van der Waals surface area contributed by atoms with Gasteiger partial charge in [0, 0.05) is 12.0 Å². The number of aryl methyl sites for hydroxylation is 1. The fourth-order valence-electron chi connectivity index (χ4n) is 4.79. The Bertz CT molecular complexity index is 1580. The summed E-state index contributed by atoms with van der Waals surface area (Å²) in [6.45, 7) is 5.41. The first-order valence-electron chi connectivity index (χ1n) is 13.8. The number of tetrazole rings is 1. The Labute approximate surface area is 228 Å². The van der Waals surface area contributed by atoms with Crippen LogP contribution in [0.25, 0.3) is 33.4 Å². The molecule has 0 saturated carbocycles. The van der Waals surface area contributed by atoms with Crippen LogP contribution in [0.2, 0.25) is 0 Å². The maximum Gasteiger partial charge on any atom is 0.261 e. The van der Waals surface area contributed by atoms with Gasteiger partial charge in [0.2, 0.25) is 0 Å². The smallest absolute Gasteiger partial charge is 0.261 e. The molecule has 8 nitrogen and oxygen atoms in total. The zero-order chi connectivity index (χ0) is 27.0. The molecule has 0 spiro atoms. The van der Waals surface area contributed by atoms with Crippen LogP contribution in [0.1, 0.15) is 57.3 Å². The van der Waals surface area contributed by atoms with Gasteiger partial charge in [-0.05, 0) is 52.1 Å². The monoisotopic (exact) mass is 522 g/mol. The highest BCUT2D eigenvalue weighted by molar-refractivity contribution is 5.84. The molecule has 2 aromatic heterocycles. The van der Waals surface area contributed by atoms with Gasteiger partial charge in [0.15, 0.2) is 5.82 Å². The zero-order valence-electron chi connectivity index (χ0n) is 22.6. The predicted octanol–water partition coefficient (Wildman–Crippen LogP) is 6.20. The van der Waals surface area contributed by atoms with Crippen molar-refractivity contribution >= 4 is 10.9 Å². The minimum absolute atomic E-state index is 0.0302. The Hall–Kier alpha value is -4.33. The summed E-state index contributed by atoms with van der Waals surface area (Å²) < 4.78 is 7.88. The number of rotatable bonds is 12. The number of hydrogen-bond donors (Lipinski definition) is 1. The first-order chi connectivity index (χ1) is 19.2. The second-order valence-electron chi connectivity index (χ2n) is 9.72. The van der Waals surface area contributed by atoms with E-state index in [1.165, 1.54) is 0 Å². The number of aromatic nitrogens is 6. The molecule has 0 atom stereocenters. The van der Waals surface area contributed by atoms with Gasteiger partial charge in [-0.15, -0.1) is 5.10 Å². The SMILES string of the molecule is CCCCCOc1cccc2c(=O)n(Cc3ccc(-c4ccccc4-c4nnn[nH]4)cc3)c(CCCC)nc12. The molecular formula is C31H34N6O2. The normalized spacial score (nSPS) is 11.2. The maximum absolute atomic E-state index is 13.8. The molecule has 2 heterocycles. The fourth-order valence-corrected chi connectivity index (χ4v) is 4.79. The Kier molecular flexibility index (Phi) is 8.41. The van der Waals surface area contributed by atoms with E-state index in [9.17, 15) is 4.79 Å². The number of ether oxygens (including phenoxy) is 1. The van der Waals surface area contributed by atoms with Gasteiger partial charge in [-0.25, -0.2) is 10.1 Å². The van der Waals surface area contributed by atoms with Gasteiger partial charge >= 0.3 is 0 Å². The molecule has 0 saturated heterocycles. The number of nitrogens with one attached hydrogen (secondary N) is 1. The van der Waals surface area contributed by atoms with Crippen LogP contribution in [-0.2, 0) is 13.0 Å². The Morgan fingerprint density at radius 3 is 2.41 bits per heavy atom. The van der Waals surface area contributed by atoms with Crippen molar-refractivity contribution in [1.29, 1.82) is 0 Å². The second kappa shape index (κ2) is 12.5. The van der Waals surface area contributed by atoms with Crippen molar-refractivity contribution in [3.63, 3.8) is 0 Å². The summed E-state index contributed by atoms with van der Waals surface area (Å²) in [5.41, 5.74) is 4.67. The lowest BCUT2D eigenvalue weighted by Crippen LogP contribution is -2.26. The average Bonchev–Trinajstić information content (AvgIpc) is 3.51. The Balaban J connectivity index is 1.46. The third-order valence-corrected chi connectivity index (χ3v) is 6.92. The van der Waals surface area contributed by atoms with Crippen LogP contribution in [0.15, 0.2) is 71.5 Å². The zero-order valence-corrected chi connectivity index (χ0v) is 22.6. The van der Waals surface area contributed by atoms with Crippen molar-refractivity contribution < 1.29 is 4.74 Å². The maximum atomic E-state index is 13.8. The van der Waals surface area contributed by atoms with Crippen molar-refractivity contribution in [2.75, 3.05) is 6.61 Å². The van der Waals surface area contributed by atoms with E-state index in [0.29, 0.717) is 35.6 Å². The quantitative estimate of drug-likeness (QED) is 0.196. The van der Waals surface area contributed by atoms with Gasteiger partial charge in [0.05, 0.1) is 18.5 Å². The van der Waals surface area contributed by atoms with E-state index in [-0.39, 0.29) is 5.56 Å². The second-order valence-corrected chi connectivity index (χ2v) is 9.72. The third-order valence-electron chi connectivity index (χ3n) is 6.92. The van der Waals surface area contributed by atoms with Gasteiger partial charge in [-0.2, -0.15) is 0 Å². The Morgan fingerprint density at radius 1 is 0.872 bits per heavy atom. The number of para-hydroxylation sites is 1. The third kappa shape index (κ3) is 5.90. The summed E-state index contributed by atoms with van der Waals surface area (Å²) in [4.78, 5) is 18.7. The average molecular weight is 523 g/mol. The van der Waals surface area contributed by atoms with E-state index in [0.717, 1.165) is 66.6 Å². The lowest BCUT2D eigenvalue weighted by atomic mass is 9.98. The standard InChI is InChI=1S/C31H34N6O2/c1-3-5-9-20-39-27-14-10-13-26-29(27)32-28(15-6-4-2)37(31(26)38)21-22-16-18-23(19-17-22)24-11-7-8-12-25(24)30-33-35-36-34-30/h7-8,10-14,16-19H,3-6,9,15,20-21H2,1-2H3,(H,33,34,35,36). The lowest BCUT2D eigenvalue weighted by Gasteiger charge is -2.16. The van der Waals surface area contributed by atoms with E-state index < -0.39 is 0 Å². The highest BCUT2D eigenvalue weighted by Gasteiger charge is 2.15. The number of benzene rings is 3. The van der Waals surface area contributed by atoms with Crippen LogP contribution in [0.4, 0.5) is 0 Å². The topological polar surface area (TPSA) is 98.6 Å². The minimum atomic E-state index is -0.0302. The molecule has 0 aliphatic heterocycles. The fraction of sp³-hybridized carbons (Fsp3) is 0.323. The van der Waals surface area contributed by atoms with Crippen LogP contribution in [0.3, 0.4) is 0 Å². The number of nitrogens with zero attached hydrogens (tertiary/aromatic N) is 5. The van der Waals surface area contributed by atoms with Crippen LogP contribution in [0.5, 0.6) is 5.75 Å². The predicted molar refractivity (Wildman–Crippen MR) is 154 cm³/mol. The highest BCUT2D eigenvalue weighted by Crippen LogP contribution is 2.30. The number of H-pyrrole nitrogens is 1. The van der Waals surface area contributed by atoms with Crippen molar-refractivity contribution in [3.05, 3.63) is 88.5 Å². The number of fused-ring (bicyclic) bond motifs is 1. The van der Waals surface area contributed by atoms with E-state index in [1.54, 1.807) is 0 Å². The molecule has 1 N–H and O–H groups in total. The van der Waals surface area contributed by atoms with Crippen molar-refractivity contribution in [1.82, 2.24) is 30.2 Å². The molecule has 0 amide bonds. The summed E-state index contributed by atoms with van der Waals surface area (Å²) in [6.07, 6.45) is 5.97. The number of aromatic amines is 1. The van der Waals surface area contributed by atoms with Crippen LogP contribution < -0.4 is 10.3 Å². The summed E-state index contributed by atoms with van der Waals surface area (Å²) >= 11 is 0. The molecule has 0 unspecified atom stereocenters. The molecule has 0 bridgehead atoms. The molecule has 5 aromatic rings. The van der Waals surface area contributed by atoms with Crippen LogP contribution >= 0.6 is 0 Å². The van der Waals surface area contributed by atoms with Gasteiger partial charge in [0.1, 0.15) is 17.1 Å². The summed E-state index contributed by atoms with van der Waals surface area (Å²) in [5.74, 6) is 2.11. The molecule has 5 rings (SSSR count). The first-order valence-corrected chi connectivity index (χ1v) is 13.8. The molecule has 0 aliphatic carbocycles. The van der Waals surface area contributed by atoms with E-state index in [1.807, 2.05) is 41.0 Å². The lowest BCUT2D eigenvalue weighted by molar-refractivity contribution is 0.309. The van der Waals surface area contributed by atoms with Gasteiger partial charge in [0.25, 0.3) is 5.56 Å². The van der Waals surface area contributed by atoms with Crippen LogP contribution in [-0.4, -0.2) is 36.8 Å². The molecule has 0 aliphatic rings. The Morgan fingerprint density at radius 2 is 1.67 bits per heavy atom. The largest absolute Gasteiger partial charge is 0.491 e. The van der Waals surface area contributed by atoms with Gasteiger partial charge < -0.3 is 4.74 Å². The molecular weight excluding hydrogens is 488 g/mol.